The first-order chi connectivity index (χ1) is 8.72. The van der Waals surface area contributed by atoms with Crippen molar-refractivity contribution < 1.29 is 9.47 Å². The van der Waals surface area contributed by atoms with Gasteiger partial charge < -0.3 is 15.2 Å². The second kappa shape index (κ2) is 5.56. The van der Waals surface area contributed by atoms with Crippen LogP contribution in [0, 0.1) is 0 Å². The van der Waals surface area contributed by atoms with Crippen molar-refractivity contribution in [2.24, 2.45) is 5.73 Å². The molecule has 0 saturated carbocycles. The fourth-order valence-electron chi connectivity index (χ4n) is 1.77. The Morgan fingerprint density at radius 1 is 0.889 bits per heavy atom. The average Bonchev–Trinajstić information content (AvgIpc) is 2.40. The van der Waals surface area contributed by atoms with Gasteiger partial charge in [-0.2, -0.15) is 0 Å². The molecule has 2 rings (SSSR count). The number of methoxy groups -OCH3 is 1. The minimum Gasteiger partial charge on any atom is -0.493 e. The SMILES string of the molecule is COc1ccccc1Oc1ccccc1[C@H](C)N. The van der Waals surface area contributed by atoms with E-state index in [0.717, 1.165) is 11.3 Å². The van der Waals surface area contributed by atoms with Crippen LogP contribution < -0.4 is 15.2 Å². The molecular weight excluding hydrogens is 226 g/mol. The molecule has 0 aliphatic carbocycles. The summed E-state index contributed by atoms with van der Waals surface area (Å²) < 4.78 is 11.1. The molecule has 0 saturated heterocycles. The van der Waals surface area contributed by atoms with Gasteiger partial charge in [0.25, 0.3) is 0 Å². The molecule has 2 N–H and O–H groups in total. The maximum Gasteiger partial charge on any atom is 0.169 e. The molecule has 0 heterocycles. The smallest absolute Gasteiger partial charge is 0.169 e. The lowest BCUT2D eigenvalue weighted by molar-refractivity contribution is 0.377. The van der Waals surface area contributed by atoms with Crippen molar-refractivity contribution in [3.8, 4) is 17.2 Å². The van der Waals surface area contributed by atoms with Crippen molar-refractivity contribution in [2.75, 3.05) is 7.11 Å². The van der Waals surface area contributed by atoms with Crippen molar-refractivity contribution >= 4 is 0 Å². The van der Waals surface area contributed by atoms with Crippen LogP contribution in [0.4, 0.5) is 0 Å². The van der Waals surface area contributed by atoms with Crippen molar-refractivity contribution in [1.82, 2.24) is 0 Å². The Morgan fingerprint density at radius 3 is 2.06 bits per heavy atom. The standard InChI is InChI=1S/C15H17NO2/c1-11(16)12-7-3-4-8-13(12)18-15-10-6-5-9-14(15)17-2/h3-11H,16H2,1-2H3/t11-/m0/s1. The van der Waals surface area contributed by atoms with E-state index >= 15 is 0 Å². The van der Waals surface area contributed by atoms with Gasteiger partial charge in [0.05, 0.1) is 7.11 Å². The summed E-state index contributed by atoms with van der Waals surface area (Å²) in [5, 5.41) is 0. The third-order valence-corrected chi connectivity index (χ3v) is 2.70. The summed E-state index contributed by atoms with van der Waals surface area (Å²) in [6.45, 7) is 1.93. The number of benzene rings is 2. The summed E-state index contributed by atoms with van der Waals surface area (Å²) >= 11 is 0. The molecule has 2 aromatic carbocycles. The Labute approximate surface area is 107 Å². The highest BCUT2D eigenvalue weighted by Crippen LogP contribution is 2.33. The Hall–Kier alpha value is -2.00. The molecule has 0 radical (unpaired) electrons. The molecule has 94 valence electrons. The highest BCUT2D eigenvalue weighted by molar-refractivity contribution is 5.45. The lowest BCUT2D eigenvalue weighted by Crippen LogP contribution is -2.06. The normalized spacial score (nSPS) is 11.9. The quantitative estimate of drug-likeness (QED) is 0.893. The van der Waals surface area contributed by atoms with Gasteiger partial charge >= 0.3 is 0 Å². The van der Waals surface area contributed by atoms with Gasteiger partial charge in [0.2, 0.25) is 0 Å². The maximum absolute atomic E-state index is 5.93. The highest BCUT2D eigenvalue weighted by atomic mass is 16.5. The summed E-state index contributed by atoms with van der Waals surface area (Å²) in [5.74, 6) is 2.15. The van der Waals surface area contributed by atoms with Crippen LogP contribution in [0.3, 0.4) is 0 Å². The molecule has 18 heavy (non-hydrogen) atoms. The van der Waals surface area contributed by atoms with Crippen molar-refractivity contribution in [2.45, 2.75) is 13.0 Å². The fourth-order valence-corrected chi connectivity index (χ4v) is 1.77. The minimum absolute atomic E-state index is 0.0732. The molecule has 0 amide bonds. The molecule has 0 bridgehead atoms. The molecule has 3 nitrogen and oxygen atoms in total. The molecule has 0 aromatic heterocycles. The number of nitrogens with two attached hydrogens (primary N) is 1. The second-order valence-electron chi connectivity index (χ2n) is 4.08. The van der Waals surface area contributed by atoms with E-state index in [9.17, 15) is 0 Å². The van der Waals surface area contributed by atoms with E-state index in [4.69, 9.17) is 15.2 Å². The molecule has 0 aliphatic heterocycles. The first kappa shape index (κ1) is 12.5. The average molecular weight is 243 g/mol. The van der Waals surface area contributed by atoms with E-state index in [1.807, 2.05) is 55.5 Å². The summed E-state index contributed by atoms with van der Waals surface area (Å²) in [6.07, 6.45) is 0. The van der Waals surface area contributed by atoms with Crippen LogP contribution in [0.1, 0.15) is 18.5 Å². The van der Waals surface area contributed by atoms with E-state index < -0.39 is 0 Å². The monoisotopic (exact) mass is 243 g/mol. The van der Waals surface area contributed by atoms with E-state index in [1.165, 1.54) is 0 Å². The maximum atomic E-state index is 5.93. The molecule has 0 unspecified atom stereocenters. The van der Waals surface area contributed by atoms with E-state index in [0.29, 0.717) is 11.5 Å². The Balaban J connectivity index is 2.34. The zero-order chi connectivity index (χ0) is 13.0. The Morgan fingerprint density at radius 2 is 1.44 bits per heavy atom. The molecule has 2 aromatic rings. The lowest BCUT2D eigenvalue weighted by Gasteiger charge is -2.15. The van der Waals surface area contributed by atoms with Crippen LogP contribution >= 0.6 is 0 Å². The first-order valence-electron chi connectivity index (χ1n) is 5.87. The minimum atomic E-state index is -0.0732. The topological polar surface area (TPSA) is 44.5 Å². The van der Waals surface area contributed by atoms with E-state index in [2.05, 4.69) is 0 Å². The number of rotatable bonds is 4. The molecule has 0 spiro atoms. The largest absolute Gasteiger partial charge is 0.493 e. The third-order valence-electron chi connectivity index (χ3n) is 2.70. The first-order valence-corrected chi connectivity index (χ1v) is 5.87. The highest BCUT2D eigenvalue weighted by Gasteiger charge is 2.10. The summed E-state index contributed by atoms with van der Waals surface area (Å²) in [4.78, 5) is 0. The van der Waals surface area contributed by atoms with Gasteiger partial charge in [-0.05, 0) is 25.1 Å². The van der Waals surface area contributed by atoms with E-state index in [1.54, 1.807) is 7.11 Å². The van der Waals surface area contributed by atoms with Crippen LogP contribution in [-0.2, 0) is 0 Å². The van der Waals surface area contributed by atoms with Gasteiger partial charge in [-0.3, -0.25) is 0 Å². The number of para-hydroxylation sites is 3. The zero-order valence-electron chi connectivity index (χ0n) is 10.6. The number of ether oxygens (including phenoxy) is 2. The van der Waals surface area contributed by atoms with Gasteiger partial charge in [-0.25, -0.2) is 0 Å². The third kappa shape index (κ3) is 2.63. The predicted octanol–water partition coefficient (Wildman–Crippen LogP) is 3.51. The summed E-state index contributed by atoms with van der Waals surface area (Å²) in [7, 11) is 1.62. The van der Waals surface area contributed by atoms with Crippen molar-refractivity contribution in [1.29, 1.82) is 0 Å². The number of hydrogen-bond acceptors (Lipinski definition) is 3. The number of hydrogen-bond donors (Lipinski definition) is 1. The van der Waals surface area contributed by atoms with Gasteiger partial charge in [0.1, 0.15) is 5.75 Å². The summed E-state index contributed by atoms with van der Waals surface area (Å²) in [6, 6.07) is 15.2. The molecular formula is C15H17NO2. The molecule has 0 aliphatic rings. The van der Waals surface area contributed by atoms with Crippen molar-refractivity contribution in [3.05, 3.63) is 54.1 Å². The Bertz CT molecular complexity index is 523. The van der Waals surface area contributed by atoms with Crippen LogP contribution in [0.2, 0.25) is 0 Å². The van der Waals surface area contributed by atoms with E-state index in [-0.39, 0.29) is 6.04 Å². The zero-order valence-corrected chi connectivity index (χ0v) is 10.6. The van der Waals surface area contributed by atoms with Crippen LogP contribution in [0.15, 0.2) is 48.5 Å². The summed E-state index contributed by atoms with van der Waals surface area (Å²) in [5.41, 5.74) is 6.90. The van der Waals surface area contributed by atoms with Gasteiger partial charge in [-0.1, -0.05) is 30.3 Å². The van der Waals surface area contributed by atoms with Crippen LogP contribution in [0.25, 0.3) is 0 Å². The Kier molecular flexibility index (Phi) is 3.85. The van der Waals surface area contributed by atoms with Crippen LogP contribution in [0.5, 0.6) is 17.2 Å². The van der Waals surface area contributed by atoms with Crippen LogP contribution in [-0.4, -0.2) is 7.11 Å². The van der Waals surface area contributed by atoms with Crippen molar-refractivity contribution in [3.63, 3.8) is 0 Å². The lowest BCUT2D eigenvalue weighted by atomic mass is 10.1. The fraction of sp³-hybridized carbons (Fsp3) is 0.200. The van der Waals surface area contributed by atoms with Gasteiger partial charge in [0.15, 0.2) is 11.5 Å². The molecule has 0 fully saturated rings. The second-order valence-corrected chi connectivity index (χ2v) is 4.08. The molecule has 1 atom stereocenters. The van der Waals surface area contributed by atoms with Gasteiger partial charge in [0, 0.05) is 11.6 Å². The van der Waals surface area contributed by atoms with Gasteiger partial charge in [-0.15, -0.1) is 0 Å². The predicted molar refractivity (Wildman–Crippen MR) is 72.1 cm³/mol. The molecule has 3 heteroatoms.